The maximum atomic E-state index is 13.6. The van der Waals surface area contributed by atoms with Gasteiger partial charge in [-0.25, -0.2) is 19.7 Å². The largest absolute Gasteiger partial charge is 0.445 e. The third kappa shape index (κ3) is 4.16. The highest BCUT2D eigenvalue weighted by Crippen LogP contribution is 2.31. The number of ether oxygens (including phenoxy) is 1. The molecule has 0 saturated carbocycles. The Morgan fingerprint density at radius 1 is 1.17 bits per heavy atom. The van der Waals surface area contributed by atoms with Crippen LogP contribution in [0.15, 0.2) is 54.3 Å². The number of carbonyl (C=O) groups is 2. The van der Waals surface area contributed by atoms with Gasteiger partial charge in [-0.1, -0.05) is 30.3 Å². The van der Waals surface area contributed by atoms with Gasteiger partial charge in [0, 0.05) is 30.5 Å². The van der Waals surface area contributed by atoms with Gasteiger partial charge in [0.25, 0.3) is 5.91 Å². The van der Waals surface area contributed by atoms with Crippen molar-refractivity contribution in [1.29, 1.82) is 0 Å². The summed E-state index contributed by atoms with van der Waals surface area (Å²) >= 11 is 1.33. The Morgan fingerprint density at radius 2 is 1.97 bits per heavy atom. The van der Waals surface area contributed by atoms with E-state index in [0.717, 1.165) is 12.0 Å². The van der Waals surface area contributed by atoms with Crippen LogP contribution in [0.25, 0.3) is 0 Å². The van der Waals surface area contributed by atoms with Crippen LogP contribution in [0, 0.1) is 6.92 Å². The van der Waals surface area contributed by atoms with Crippen molar-refractivity contribution in [3.63, 3.8) is 0 Å². The highest BCUT2D eigenvalue weighted by molar-refractivity contribution is 7.13. The molecule has 0 radical (unpaired) electrons. The number of aromatic nitrogens is 3. The van der Waals surface area contributed by atoms with Gasteiger partial charge in [-0.15, -0.1) is 11.3 Å². The molecule has 30 heavy (non-hydrogen) atoms. The Labute approximate surface area is 178 Å². The summed E-state index contributed by atoms with van der Waals surface area (Å²) < 4.78 is 5.47. The first kappa shape index (κ1) is 20.0. The summed E-state index contributed by atoms with van der Waals surface area (Å²) in [5, 5.41) is 2.29. The van der Waals surface area contributed by atoms with Crippen LogP contribution >= 0.6 is 11.3 Å². The topological polar surface area (TPSA) is 88.5 Å². The molecule has 0 N–H and O–H groups in total. The molecular formula is C21H21N5O3S. The van der Waals surface area contributed by atoms with E-state index in [1.165, 1.54) is 27.3 Å². The maximum absolute atomic E-state index is 13.6. The van der Waals surface area contributed by atoms with Crippen molar-refractivity contribution in [2.24, 2.45) is 0 Å². The number of carbonyl (C=O) groups excluding carboxylic acids is 2. The lowest BCUT2D eigenvalue weighted by atomic mass is 10.2. The molecular weight excluding hydrogens is 402 g/mol. The SMILES string of the molecule is Cc1nccnc1N(C(=O)C1CCCN1C(=O)OCc1ccccc1)c1nccs1. The molecule has 1 unspecified atom stereocenters. The molecule has 0 aliphatic carbocycles. The fraction of sp³-hybridized carbons (Fsp3) is 0.286. The van der Waals surface area contributed by atoms with Crippen LogP contribution in [-0.2, 0) is 16.1 Å². The molecule has 9 heteroatoms. The first-order chi connectivity index (χ1) is 14.6. The third-order valence-electron chi connectivity index (χ3n) is 4.88. The molecule has 1 fully saturated rings. The molecule has 2 amide bonds. The van der Waals surface area contributed by atoms with Gasteiger partial charge in [0.05, 0.1) is 5.69 Å². The molecule has 1 aliphatic heterocycles. The minimum absolute atomic E-state index is 0.163. The summed E-state index contributed by atoms with van der Waals surface area (Å²) in [4.78, 5) is 42.1. The molecule has 3 heterocycles. The summed E-state index contributed by atoms with van der Waals surface area (Å²) in [7, 11) is 0. The van der Waals surface area contributed by atoms with Crippen LogP contribution in [0.1, 0.15) is 24.1 Å². The Balaban J connectivity index is 1.55. The minimum atomic E-state index is -0.640. The lowest BCUT2D eigenvalue weighted by Gasteiger charge is -2.28. The second-order valence-corrected chi connectivity index (χ2v) is 7.72. The van der Waals surface area contributed by atoms with Crippen molar-refractivity contribution in [3.05, 3.63) is 65.6 Å². The molecule has 4 rings (SSSR count). The Morgan fingerprint density at radius 3 is 2.70 bits per heavy atom. The second kappa shape index (κ2) is 9.00. The first-order valence-corrected chi connectivity index (χ1v) is 10.5. The normalized spacial score (nSPS) is 15.8. The maximum Gasteiger partial charge on any atom is 0.410 e. The predicted octanol–water partition coefficient (Wildman–Crippen LogP) is 3.71. The molecule has 1 saturated heterocycles. The zero-order valence-corrected chi connectivity index (χ0v) is 17.3. The monoisotopic (exact) mass is 423 g/mol. The smallest absolute Gasteiger partial charge is 0.410 e. The average molecular weight is 423 g/mol. The number of amides is 2. The highest BCUT2D eigenvalue weighted by atomic mass is 32.1. The van der Waals surface area contributed by atoms with E-state index in [1.54, 1.807) is 24.7 Å². The molecule has 2 aromatic heterocycles. The van der Waals surface area contributed by atoms with Crippen molar-refractivity contribution >= 4 is 34.3 Å². The lowest BCUT2D eigenvalue weighted by Crippen LogP contribution is -2.47. The molecule has 8 nitrogen and oxygen atoms in total. The fourth-order valence-corrected chi connectivity index (χ4v) is 4.08. The molecule has 1 aliphatic rings. The zero-order valence-electron chi connectivity index (χ0n) is 16.5. The van der Waals surface area contributed by atoms with E-state index in [0.29, 0.717) is 29.6 Å². The van der Waals surface area contributed by atoms with Gasteiger partial charge in [-0.3, -0.25) is 14.7 Å². The number of anilines is 2. The van der Waals surface area contributed by atoms with Crippen LogP contribution in [-0.4, -0.2) is 44.4 Å². The number of thiazole rings is 1. The molecule has 3 aromatic rings. The fourth-order valence-electron chi connectivity index (χ4n) is 3.43. The van der Waals surface area contributed by atoms with E-state index in [1.807, 2.05) is 30.3 Å². The Hall–Kier alpha value is -3.33. The predicted molar refractivity (Wildman–Crippen MR) is 112 cm³/mol. The highest BCUT2D eigenvalue weighted by Gasteiger charge is 2.40. The van der Waals surface area contributed by atoms with Crippen molar-refractivity contribution in [2.45, 2.75) is 32.4 Å². The number of benzene rings is 1. The number of rotatable bonds is 5. The van der Waals surface area contributed by atoms with Gasteiger partial charge < -0.3 is 4.74 Å². The summed E-state index contributed by atoms with van der Waals surface area (Å²) in [6.45, 7) is 2.42. The van der Waals surface area contributed by atoms with Crippen molar-refractivity contribution in [1.82, 2.24) is 19.9 Å². The van der Waals surface area contributed by atoms with Gasteiger partial charge >= 0.3 is 6.09 Å². The van der Waals surface area contributed by atoms with E-state index in [2.05, 4.69) is 15.0 Å². The summed E-state index contributed by atoms with van der Waals surface area (Å²) in [5.74, 6) is 0.157. The van der Waals surface area contributed by atoms with E-state index in [9.17, 15) is 9.59 Å². The van der Waals surface area contributed by atoms with Crippen LogP contribution in [0.2, 0.25) is 0 Å². The van der Waals surface area contributed by atoms with Crippen LogP contribution in [0.4, 0.5) is 15.7 Å². The molecule has 1 aromatic carbocycles. The summed E-state index contributed by atoms with van der Waals surface area (Å²) in [6.07, 6.45) is 5.53. The molecule has 1 atom stereocenters. The first-order valence-electron chi connectivity index (χ1n) is 9.63. The van der Waals surface area contributed by atoms with Crippen molar-refractivity contribution < 1.29 is 14.3 Å². The van der Waals surface area contributed by atoms with Gasteiger partial charge in [-0.05, 0) is 25.3 Å². The lowest BCUT2D eigenvalue weighted by molar-refractivity contribution is -0.121. The number of aryl methyl sites for hydroxylation is 1. The average Bonchev–Trinajstić information content (AvgIpc) is 3.47. The van der Waals surface area contributed by atoms with Crippen LogP contribution in [0.5, 0.6) is 0 Å². The van der Waals surface area contributed by atoms with Gasteiger partial charge in [0.2, 0.25) is 0 Å². The van der Waals surface area contributed by atoms with Gasteiger partial charge in [-0.2, -0.15) is 0 Å². The minimum Gasteiger partial charge on any atom is -0.445 e. The van der Waals surface area contributed by atoms with E-state index in [-0.39, 0.29) is 12.5 Å². The quantitative estimate of drug-likeness (QED) is 0.622. The Kier molecular flexibility index (Phi) is 5.99. The van der Waals surface area contributed by atoms with E-state index >= 15 is 0 Å². The molecule has 154 valence electrons. The van der Waals surface area contributed by atoms with Crippen molar-refractivity contribution in [3.8, 4) is 0 Å². The number of likely N-dealkylation sites (tertiary alicyclic amines) is 1. The van der Waals surface area contributed by atoms with Crippen LogP contribution < -0.4 is 4.90 Å². The van der Waals surface area contributed by atoms with Crippen LogP contribution in [0.3, 0.4) is 0 Å². The van der Waals surface area contributed by atoms with Gasteiger partial charge in [0.15, 0.2) is 10.9 Å². The third-order valence-corrected chi connectivity index (χ3v) is 5.63. The molecule has 0 bridgehead atoms. The zero-order chi connectivity index (χ0) is 20.9. The van der Waals surface area contributed by atoms with Gasteiger partial charge in [0.1, 0.15) is 12.6 Å². The Bertz CT molecular complexity index is 1010. The number of nitrogens with zero attached hydrogens (tertiary/aromatic N) is 5. The summed E-state index contributed by atoms with van der Waals surface area (Å²) in [5.41, 5.74) is 1.50. The summed E-state index contributed by atoms with van der Waals surface area (Å²) in [6, 6.07) is 8.82. The second-order valence-electron chi connectivity index (χ2n) is 6.85. The molecule has 0 spiro atoms. The standard InChI is InChI=1S/C21H21N5O3S/c1-15-18(23-10-9-22-15)26(20-24-11-13-30-20)19(27)17-8-5-12-25(17)21(28)29-14-16-6-3-2-4-7-16/h2-4,6-7,9-11,13,17H,5,8,12,14H2,1H3. The van der Waals surface area contributed by atoms with Crippen molar-refractivity contribution in [2.75, 3.05) is 11.4 Å². The number of hydrogen-bond acceptors (Lipinski definition) is 7. The van der Waals surface area contributed by atoms with E-state index < -0.39 is 12.1 Å². The number of hydrogen-bond donors (Lipinski definition) is 0. The van der Waals surface area contributed by atoms with E-state index in [4.69, 9.17) is 4.74 Å².